The average Bonchev–Trinajstić information content (AvgIpc) is 2.81. The molecule has 0 bridgehead atoms. The molecule has 2 rings (SSSR count). The van der Waals surface area contributed by atoms with Gasteiger partial charge < -0.3 is 14.6 Å². The lowest BCUT2D eigenvalue weighted by Gasteiger charge is -2.04. The van der Waals surface area contributed by atoms with Crippen LogP contribution in [0.15, 0.2) is 23.8 Å². The van der Waals surface area contributed by atoms with Gasteiger partial charge in [-0.05, 0) is 30.5 Å². The van der Waals surface area contributed by atoms with E-state index in [0.29, 0.717) is 24.8 Å². The summed E-state index contributed by atoms with van der Waals surface area (Å²) in [5.41, 5.74) is 1.66. The lowest BCUT2D eigenvalue weighted by atomic mass is 10.0. The van der Waals surface area contributed by atoms with E-state index in [0.717, 1.165) is 17.1 Å². The quantitative estimate of drug-likeness (QED) is 0.784. The molecule has 1 aliphatic heterocycles. The molecule has 0 amide bonds. The Morgan fingerprint density at radius 2 is 2.18 bits per heavy atom. The van der Waals surface area contributed by atoms with E-state index in [1.165, 1.54) is 0 Å². The van der Waals surface area contributed by atoms with Crippen LogP contribution in [-0.4, -0.2) is 24.4 Å². The van der Waals surface area contributed by atoms with Gasteiger partial charge in [-0.1, -0.05) is 6.07 Å². The van der Waals surface area contributed by atoms with E-state index in [1.54, 1.807) is 0 Å². The molecule has 17 heavy (non-hydrogen) atoms. The van der Waals surface area contributed by atoms with Crippen LogP contribution in [0.4, 0.5) is 0 Å². The zero-order valence-corrected chi connectivity index (χ0v) is 9.44. The number of benzene rings is 1. The summed E-state index contributed by atoms with van der Waals surface area (Å²) < 4.78 is 10.5. The second kappa shape index (κ2) is 5.53. The van der Waals surface area contributed by atoms with E-state index in [2.05, 4.69) is 0 Å². The van der Waals surface area contributed by atoms with Gasteiger partial charge in [0.1, 0.15) is 5.94 Å². The number of fused-ring (bicyclic) bond motifs is 1. The van der Waals surface area contributed by atoms with Gasteiger partial charge in [-0.15, -0.1) is 0 Å². The minimum absolute atomic E-state index is 0.0896. The van der Waals surface area contributed by atoms with Crippen molar-refractivity contribution in [3.05, 3.63) is 29.3 Å². The Hall–Kier alpha value is -1.77. The van der Waals surface area contributed by atoms with Crippen molar-refractivity contribution < 1.29 is 19.4 Å². The first-order valence-electron chi connectivity index (χ1n) is 5.55. The van der Waals surface area contributed by atoms with Gasteiger partial charge in [0.2, 0.25) is 6.79 Å². The summed E-state index contributed by atoms with van der Waals surface area (Å²) >= 11 is 0. The van der Waals surface area contributed by atoms with Crippen LogP contribution in [0, 0.1) is 0 Å². The number of carbonyl (C=O) groups excluding carboxylic acids is 1. The number of hydrogen-bond donors (Lipinski definition) is 1. The molecule has 0 saturated heterocycles. The van der Waals surface area contributed by atoms with Crippen molar-refractivity contribution in [2.75, 3.05) is 13.4 Å². The molecular weight excluding hydrogens is 220 g/mol. The molecule has 4 heteroatoms. The average molecular weight is 234 g/mol. The van der Waals surface area contributed by atoms with Crippen molar-refractivity contribution in [1.82, 2.24) is 0 Å². The maximum absolute atomic E-state index is 10.7. The summed E-state index contributed by atoms with van der Waals surface area (Å²) in [5, 5.41) is 8.72. The summed E-state index contributed by atoms with van der Waals surface area (Å²) in [4.78, 5) is 10.7. The van der Waals surface area contributed by atoms with Gasteiger partial charge in [0.05, 0.1) is 0 Å². The monoisotopic (exact) mass is 234 g/mol. The molecule has 90 valence electrons. The smallest absolute Gasteiger partial charge is 0.231 e. The van der Waals surface area contributed by atoms with Crippen LogP contribution in [-0.2, 0) is 11.2 Å². The van der Waals surface area contributed by atoms with Crippen molar-refractivity contribution in [2.45, 2.75) is 19.3 Å². The normalized spacial score (nSPS) is 12.3. The van der Waals surface area contributed by atoms with Crippen molar-refractivity contribution in [3.63, 3.8) is 0 Å². The Morgan fingerprint density at radius 1 is 1.35 bits per heavy atom. The maximum Gasteiger partial charge on any atom is 0.231 e. The van der Waals surface area contributed by atoms with E-state index in [-0.39, 0.29) is 13.4 Å². The zero-order chi connectivity index (χ0) is 12.1. The molecule has 1 heterocycles. The fourth-order valence-corrected chi connectivity index (χ4v) is 1.77. The van der Waals surface area contributed by atoms with Gasteiger partial charge in [-0.2, -0.15) is 0 Å². The SMILES string of the molecule is O=C=C(CCCO)Cc1ccc2c(c1)OCO2. The summed E-state index contributed by atoms with van der Waals surface area (Å²) in [6, 6.07) is 5.62. The molecule has 1 aromatic rings. The zero-order valence-electron chi connectivity index (χ0n) is 9.44. The number of aliphatic hydroxyl groups is 1. The predicted octanol–water partition coefficient (Wildman–Crippen LogP) is 1.49. The molecule has 1 aliphatic rings. The molecular formula is C13H14O4. The van der Waals surface area contributed by atoms with Crippen LogP contribution in [0.3, 0.4) is 0 Å². The largest absolute Gasteiger partial charge is 0.454 e. The number of ether oxygens (including phenoxy) is 2. The molecule has 1 aromatic carbocycles. The molecule has 0 radical (unpaired) electrons. The van der Waals surface area contributed by atoms with E-state index >= 15 is 0 Å². The van der Waals surface area contributed by atoms with E-state index in [4.69, 9.17) is 14.6 Å². The molecule has 0 aliphatic carbocycles. The first-order valence-corrected chi connectivity index (χ1v) is 5.55. The van der Waals surface area contributed by atoms with Crippen LogP contribution >= 0.6 is 0 Å². The third kappa shape index (κ3) is 2.87. The standard InChI is InChI=1S/C13H14O4/c14-5-1-2-11(8-15)6-10-3-4-12-13(7-10)17-9-16-12/h3-4,7,14H,1-2,5-6,9H2. The van der Waals surface area contributed by atoms with Gasteiger partial charge in [0, 0.05) is 18.6 Å². The van der Waals surface area contributed by atoms with Crippen LogP contribution in [0.25, 0.3) is 0 Å². The third-order valence-corrected chi connectivity index (χ3v) is 2.64. The topological polar surface area (TPSA) is 55.8 Å². The molecule has 0 unspecified atom stereocenters. The highest BCUT2D eigenvalue weighted by molar-refractivity contribution is 5.54. The fourth-order valence-electron chi connectivity index (χ4n) is 1.77. The second-order valence-electron chi connectivity index (χ2n) is 3.90. The summed E-state index contributed by atoms with van der Waals surface area (Å²) in [6.07, 6.45) is 1.71. The van der Waals surface area contributed by atoms with E-state index < -0.39 is 0 Å². The Bertz CT molecular complexity index is 447. The molecule has 0 fully saturated rings. The van der Waals surface area contributed by atoms with Gasteiger partial charge in [0.25, 0.3) is 0 Å². The number of hydrogen-bond acceptors (Lipinski definition) is 4. The van der Waals surface area contributed by atoms with E-state index in [1.807, 2.05) is 24.1 Å². The number of allylic oxidation sites excluding steroid dienone is 1. The summed E-state index contributed by atoms with van der Waals surface area (Å²) in [5.74, 6) is 3.39. The lowest BCUT2D eigenvalue weighted by Crippen LogP contribution is -1.94. The van der Waals surface area contributed by atoms with Crippen LogP contribution in [0.2, 0.25) is 0 Å². The first-order chi connectivity index (χ1) is 8.33. The van der Waals surface area contributed by atoms with Crippen molar-refractivity contribution in [3.8, 4) is 11.5 Å². The number of aliphatic hydroxyl groups excluding tert-OH is 1. The summed E-state index contributed by atoms with van der Waals surface area (Å²) in [6.45, 7) is 0.339. The Morgan fingerprint density at radius 3 is 2.94 bits per heavy atom. The molecule has 4 nitrogen and oxygen atoms in total. The predicted molar refractivity (Wildman–Crippen MR) is 61.8 cm³/mol. The molecule has 0 aromatic heterocycles. The molecule has 1 N–H and O–H groups in total. The Labute approximate surface area is 99.5 Å². The summed E-state index contributed by atoms with van der Waals surface area (Å²) in [7, 11) is 0. The molecule has 0 spiro atoms. The fraction of sp³-hybridized carbons (Fsp3) is 0.385. The second-order valence-corrected chi connectivity index (χ2v) is 3.90. The van der Waals surface area contributed by atoms with E-state index in [9.17, 15) is 4.79 Å². The minimum Gasteiger partial charge on any atom is -0.454 e. The third-order valence-electron chi connectivity index (χ3n) is 2.64. The minimum atomic E-state index is 0.0896. The molecule has 0 saturated carbocycles. The van der Waals surface area contributed by atoms with Crippen molar-refractivity contribution in [2.24, 2.45) is 0 Å². The van der Waals surface area contributed by atoms with Gasteiger partial charge in [0.15, 0.2) is 11.5 Å². The molecule has 0 atom stereocenters. The first kappa shape index (κ1) is 11.7. The lowest BCUT2D eigenvalue weighted by molar-refractivity contribution is 0.174. The van der Waals surface area contributed by atoms with Crippen LogP contribution in [0.5, 0.6) is 11.5 Å². The Kier molecular flexibility index (Phi) is 3.81. The van der Waals surface area contributed by atoms with Gasteiger partial charge in [-0.3, -0.25) is 0 Å². The van der Waals surface area contributed by atoms with Crippen LogP contribution < -0.4 is 9.47 Å². The highest BCUT2D eigenvalue weighted by atomic mass is 16.7. The van der Waals surface area contributed by atoms with Crippen molar-refractivity contribution >= 4 is 5.94 Å². The highest BCUT2D eigenvalue weighted by Gasteiger charge is 2.13. The van der Waals surface area contributed by atoms with Crippen molar-refractivity contribution in [1.29, 1.82) is 0 Å². The van der Waals surface area contributed by atoms with Gasteiger partial charge >= 0.3 is 0 Å². The highest BCUT2D eigenvalue weighted by Crippen LogP contribution is 2.33. The number of rotatable bonds is 5. The maximum atomic E-state index is 10.7. The van der Waals surface area contributed by atoms with Gasteiger partial charge in [-0.25, -0.2) is 4.79 Å². The Balaban J connectivity index is 2.05. The van der Waals surface area contributed by atoms with Crippen LogP contribution in [0.1, 0.15) is 18.4 Å².